The van der Waals surface area contributed by atoms with Crippen molar-refractivity contribution in [2.45, 2.75) is 24.7 Å². The molecule has 2 heterocycles. The molecule has 2 rings (SSSR count). The Balaban J connectivity index is 2.36. The summed E-state index contributed by atoms with van der Waals surface area (Å²) in [6, 6.07) is 0. The van der Waals surface area contributed by atoms with Gasteiger partial charge in [0.05, 0.1) is 18.4 Å². The number of ether oxygens (including phenoxy) is 1. The number of hydrogen-bond donors (Lipinski definition) is 4. The average Bonchev–Trinajstić information content (AvgIpc) is 2.64. The van der Waals surface area contributed by atoms with Crippen LogP contribution in [0, 0.1) is 3.57 Å². The second kappa shape index (κ2) is 4.88. The second-order valence-corrected chi connectivity index (χ2v) is 4.86. The van der Waals surface area contributed by atoms with Gasteiger partial charge >= 0.3 is 5.69 Å². The lowest BCUT2D eigenvalue weighted by Crippen LogP contribution is -2.28. The lowest BCUT2D eigenvalue weighted by Gasteiger charge is -2.12. The molecular formula is C9H11IN2O5. The van der Waals surface area contributed by atoms with Crippen LogP contribution in [0.3, 0.4) is 0 Å². The predicted octanol–water partition coefficient (Wildman–Crippen LogP) is -1.15. The Bertz CT molecular complexity index is 525. The standard InChI is InChI=1S/C9H11IN2O5/c10-6-7(11-9(16)12-8(6)15)4-1-3(14)5(2-13)17-4/h3-5,13-14H,1-2H2,(H2,11,12,15,16). The molecular weight excluding hydrogens is 343 g/mol. The smallest absolute Gasteiger partial charge is 0.326 e. The molecule has 7 nitrogen and oxygen atoms in total. The largest absolute Gasteiger partial charge is 0.394 e. The summed E-state index contributed by atoms with van der Waals surface area (Å²) in [6.45, 7) is -0.304. The minimum atomic E-state index is -0.802. The van der Waals surface area contributed by atoms with E-state index in [2.05, 4.69) is 9.97 Å². The Morgan fingerprint density at radius 2 is 2.12 bits per heavy atom. The van der Waals surface area contributed by atoms with E-state index >= 15 is 0 Å². The normalized spacial score (nSPS) is 28.5. The Kier molecular flexibility index (Phi) is 3.66. The number of halogens is 1. The number of nitrogens with one attached hydrogen (secondary N) is 2. The van der Waals surface area contributed by atoms with E-state index in [0.29, 0.717) is 9.26 Å². The van der Waals surface area contributed by atoms with Gasteiger partial charge in [0.2, 0.25) is 0 Å². The Morgan fingerprint density at radius 1 is 1.41 bits per heavy atom. The Morgan fingerprint density at radius 3 is 2.71 bits per heavy atom. The van der Waals surface area contributed by atoms with Crippen LogP contribution in [0.1, 0.15) is 18.2 Å². The highest BCUT2D eigenvalue weighted by atomic mass is 127. The molecule has 0 aliphatic carbocycles. The highest BCUT2D eigenvalue weighted by Crippen LogP contribution is 2.32. The van der Waals surface area contributed by atoms with Crippen LogP contribution in [-0.4, -0.2) is 39.0 Å². The number of aliphatic hydroxyl groups is 2. The van der Waals surface area contributed by atoms with E-state index in [1.807, 2.05) is 0 Å². The first-order valence-corrected chi connectivity index (χ1v) is 6.07. The van der Waals surface area contributed by atoms with Crippen molar-refractivity contribution in [1.82, 2.24) is 9.97 Å². The molecule has 0 amide bonds. The first-order valence-electron chi connectivity index (χ1n) is 4.99. The van der Waals surface area contributed by atoms with Gasteiger partial charge in [-0.25, -0.2) is 4.79 Å². The third-order valence-electron chi connectivity index (χ3n) is 2.64. The first-order chi connectivity index (χ1) is 8.02. The molecule has 0 radical (unpaired) electrons. The highest BCUT2D eigenvalue weighted by Gasteiger charge is 2.36. The van der Waals surface area contributed by atoms with Gasteiger partial charge in [0.15, 0.2) is 0 Å². The van der Waals surface area contributed by atoms with Gasteiger partial charge in [-0.3, -0.25) is 9.78 Å². The molecule has 1 aliphatic heterocycles. The van der Waals surface area contributed by atoms with Crippen LogP contribution in [0.2, 0.25) is 0 Å². The van der Waals surface area contributed by atoms with Gasteiger partial charge < -0.3 is 19.9 Å². The molecule has 17 heavy (non-hydrogen) atoms. The summed E-state index contributed by atoms with van der Waals surface area (Å²) in [7, 11) is 0. The van der Waals surface area contributed by atoms with Gasteiger partial charge in [0.1, 0.15) is 15.8 Å². The fraction of sp³-hybridized carbons (Fsp3) is 0.556. The molecule has 1 aromatic heterocycles. The summed E-state index contributed by atoms with van der Waals surface area (Å²) in [6.07, 6.45) is -1.83. The van der Waals surface area contributed by atoms with E-state index in [1.54, 1.807) is 22.6 Å². The van der Waals surface area contributed by atoms with Crippen LogP contribution in [0.4, 0.5) is 0 Å². The van der Waals surface area contributed by atoms with Crippen molar-refractivity contribution in [1.29, 1.82) is 0 Å². The summed E-state index contributed by atoms with van der Waals surface area (Å²) < 4.78 is 5.69. The maximum atomic E-state index is 11.4. The predicted molar refractivity (Wildman–Crippen MR) is 65.7 cm³/mol. The van der Waals surface area contributed by atoms with Crippen molar-refractivity contribution in [3.05, 3.63) is 30.1 Å². The van der Waals surface area contributed by atoms with Crippen molar-refractivity contribution in [2.75, 3.05) is 6.61 Å². The van der Waals surface area contributed by atoms with E-state index in [1.165, 1.54) is 0 Å². The zero-order chi connectivity index (χ0) is 12.6. The maximum Gasteiger partial charge on any atom is 0.326 e. The van der Waals surface area contributed by atoms with Gasteiger partial charge in [-0.05, 0) is 22.6 Å². The molecule has 3 unspecified atom stereocenters. The summed E-state index contributed by atoms with van der Waals surface area (Å²) in [5, 5.41) is 18.5. The fourth-order valence-electron chi connectivity index (χ4n) is 1.79. The maximum absolute atomic E-state index is 11.4. The summed E-state index contributed by atoms with van der Waals surface area (Å²) in [5.74, 6) is 0. The molecule has 1 aliphatic rings. The number of aromatic amines is 2. The number of H-pyrrole nitrogens is 2. The molecule has 0 aromatic carbocycles. The fourth-order valence-corrected chi connectivity index (χ4v) is 2.41. The lowest BCUT2D eigenvalue weighted by atomic mass is 10.1. The van der Waals surface area contributed by atoms with E-state index in [-0.39, 0.29) is 13.0 Å². The van der Waals surface area contributed by atoms with Gasteiger partial charge in [-0.1, -0.05) is 0 Å². The van der Waals surface area contributed by atoms with Crippen molar-refractivity contribution in [3.8, 4) is 0 Å². The van der Waals surface area contributed by atoms with Crippen molar-refractivity contribution < 1.29 is 14.9 Å². The summed E-state index contributed by atoms with van der Waals surface area (Å²) in [5.41, 5.74) is -0.764. The summed E-state index contributed by atoms with van der Waals surface area (Å²) >= 11 is 1.80. The third kappa shape index (κ3) is 2.44. The Hall–Kier alpha value is -0.710. The third-order valence-corrected chi connectivity index (χ3v) is 3.71. The number of rotatable bonds is 2. The zero-order valence-corrected chi connectivity index (χ0v) is 10.8. The van der Waals surface area contributed by atoms with Gasteiger partial charge in [0.25, 0.3) is 5.56 Å². The van der Waals surface area contributed by atoms with Crippen LogP contribution in [0.25, 0.3) is 0 Å². The van der Waals surface area contributed by atoms with E-state index < -0.39 is 29.6 Å². The molecule has 1 fully saturated rings. The van der Waals surface area contributed by atoms with Crippen molar-refractivity contribution >= 4 is 22.6 Å². The molecule has 1 saturated heterocycles. The lowest BCUT2D eigenvalue weighted by molar-refractivity contribution is -0.0239. The SMILES string of the molecule is O=c1[nH]c(C2CC(O)C(CO)O2)c(I)c(=O)[nH]1. The molecule has 0 spiro atoms. The van der Waals surface area contributed by atoms with E-state index in [0.717, 1.165) is 0 Å². The molecule has 0 saturated carbocycles. The number of aliphatic hydroxyl groups excluding tert-OH is 2. The minimum Gasteiger partial charge on any atom is -0.394 e. The summed E-state index contributed by atoms with van der Waals surface area (Å²) in [4.78, 5) is 27.2. The Labute approximate surface area is 109 Å². The van der Waals surface area contributed by atoms with Crippen LogP contribution in [0.15, 0.2) is 9.59 Å². The number of aromatic nitrogens is 2. The molecule has 8 heteroatoms. The molecule has 94 valence electrons. The monoisotopic (exact) mass is 354 g/mol. The van der Waals surface area contributed by atoms with Gasteiger partial charge in [0, 0.05) is 6.42 Å². The second-order valence-electron chi connectivity index (χ2n) is 3.78. The minimum absolute atomic E-state index is 0.237. The van der Waals surface area contributed by atoms with Crippen LogP contribution >= 0.6 is 22.6 Å². The number of hydrogen-bond acceptors (Lipinski definition) is 5. The molecule has 1 aromatic rings. The molecule has 0 bridgehead atoms. The van der Waals surface area contributed by atoms with Gasteiger partial charge in [-0.15, -0.1) is 0 Å². The van der Waals surface area contributed by atoms with Gasteiger partial charge in [-0.2, -0.15) is 0 Å². The quantitative estimate of drug-likeness (QED) is 0.501. The topological polar surface area (TPSA) is 115 Å². The first kappa shape index (κ1) is 12.7. The van der Waals surface area contributed by atoms with Crippen LogP contribution in [0.5, 0.6) is 0 Å². The zero-order valence-electron chi connectivity index (χ0n) is 8.64. The highest BCUT2D eigenvalue weighted by molar-refractivity contribution is 14.1. The molecule has 3 atom stereocenters. The van der Waals surface area contributed by atoms with E-state index in [4.69, 9.17) is 9.84 Å². The average molecular weight is 354 g/mol. The van der Waals surface area contributed by atoms with E-state index in [9.17, 15) is 14.7 Å². The van der Waals surface area contributed by atoms with Crippen molar-refractivity contribution in [2.24, 2.45) is 0 Å². The van der Waals surface area contributed by atoms with Crippen molar-refractivity contribution in [3.63, 3.8) is 0 Å². The van der Waals surface area contributed by atoms with Crippen LogP contribution in [-0.2, 0) is 4.74 Å². The molecule has 4 N–H and O–H groups in total. The van der Waals surface area contributed by atoms with Crippen LogP contribution < -0.4 is 11.2 Å².